The molecule has 8 heteroatoms. The molecule has 266 valence electrons. The highest BCUT2D eigenvalue weighted by Crippen LogP contribution is 2.55. The summed E-state index contributed by atoms with van der Waals surface area (Å²) >= 11 is 0. The number of nitrogens with zero attached hydrogens (tertiary/aromatic N) is 1. The molecule has 2 bridgehead atoms. The smallest absolute Gasteiger partial charge is 0.413 e. The van der Waals surface area contributed by atoms with Crippen LogP contribution >= 0.6 is 0 Å². The molecule has 4 rings (SSSR count). The molecule has 1 heterocycles. The third kappa shape index (κ3) is 7.72. The quantitative estimate of drug-likeness (QED) is 0.168. The van der Waals surface area contributed by atoms with E-state index in [1.54, 1.807) is 12.0 Å². The number of hydrogen-bond donors (Lipinski definition) is 1. The number of fused-ring (bicyclic) bond motifs is 2. The molecule has 0 aromatic heterocycles. The normalized spacial score (nSPS) is 26.2. The molecule has 1 N–H and O–H groups in total. The average molecular weight is 680 g/mol. The first-order chi connectivity index (χ1) is 22.5. The van der Waals surface area contributed by atoms with Crippen LogP contribution in [0.5, 0.6) is 5.75 Å². The van der Waals surface area contributed by atoms with Crippen molar-refractivity contribution in [3.05, 3.63) is 78.4 Å². The largest absolute Gasteiger partial charge is 0.497 e. The number of hydrogen-bond acceptors (Lipinski definition) is 6. The maximum Gasteiger partial charge on any atom is 0.413 e. The summed E-state index contributed by atoms with van der Waals surface area (Å²) in [7, 11) is -0.673. The highest BCUT2D eigenvalue weighted by Gasteiger charge is 2.66. The van der Waals surface area contributed by atoms with Crippen LogP contribution in [-0.2, 0) is 26.9 Å². The molecule has 1 saturated heterocycles. The maximum atomic E-state index is 14.5. The standard InChI is InChI=1S/C40H61NO6Si/c1-12-23-39-24-22-35(47-48(28(2)3,29(4)5)30(6)7)34(26-39)36(45-27-32-16-14-13-15-17-32)40(43,41(39)37(42)46-38(8,9)10)25-31-18-20-33(44-11)21-19-31/h12-21,28-30,34-36,43H,1,22-27H2,2-11H3. The molecule has 48 heavy (non-hydrogen) atoms. The third-order valence-corrected chi connectivity index (χ3v) is 16.9. The van der Waals surface area contributed by atoms with Crippen LogP contribution in [0.3, 0.4) is 0 Å². The zero-order chi connectivity index (χ0) is 35.5. The lowest BCUT2D eigenvalue weighted by Crippen LogP contribution is -2.77. The van der Waals surface area contributed by atoms with Gasteiger partial charge in [-0.1, -0.05) is 90.1 Å². The van der Waals surface area contributed by atoms with Crippen LogP contribution in [0.4, 0.5) is 4.79 Å². The molecule has 1 saturated carbocycles. The number of methoxy groups -OCH3 is 1. The Kier molecular flexibility index (Phi) is 12.0. The van der Waals surface area contributed by atoms with E-state index in [-0.39, 0.29) is 25.0 Å². The van der Waals surface area contributed by atoms with Gasteiger partial charge >= 0.3 is 6.09 Å². The molecule has 1 aliphatic heterocycles. The molecule has 1 amide bonds. The fourth-order valence-electron chi connectivity index (χ4n) is 8.95. The van der Waals surface area contributed by atoms with Crippen molar-refractivity contribution in [1.82, 2.24) is 4.90 Å². The molecule has 2 aromatic carbocycles. The topological polar surface area (TPSA) is 77.5 Å². The Morgan fingerprint density at radius 2 is 1.60 bits per heavy atom. The fourth-order valence-corrected chi connectivity index (χ4v) is 14.6. The summed E-state index contributed by atoms with van der Waals surface area (Å²) in [5.74, 6) is 0.550. The van der Waals surface area contributed by atoms with Crippen molar-refractivity contribution in [2.24, 2.45) is 5.92 Å². The minimum Gasteiger partial charge on any atom is -0.497 e. The van der Waals surface area contributed by atoms with Gasteiger partial charge < -0.3 is 23.7 Å². The lowest BCUT2D eigenvalue weighted by atomic mass is 9.62. The molecule has 0 radical (unpaired) electrons. The minimum absolute atomic E-state index is 0.134. The van der Waals surface area contributed by atoms with Gasteiger partial charge in [-0.3, -0.25) is 4.90 Å². The monoisotopic (exact) mass is 679 g/mol. The highest BCUT2D eigenvalue weighted by atomic mass is 28.4. The molecule has 2 aliphatic rings. The summed E-state index contributed by atoms with van der Waals surface area (Å²) in [5, 5.41) is 13.4. The number of piperidine rings is 1. The van der Waals surface area contributed by atoms with Gasteiger partial charge in [0.05, 0.1) is 25.4 Å². The van der Waals surface area contributed by atoms with Crippen molar-refractivity contribution in [1.29, 1.82) is 0 Å². The van der Waals surface area contributed by atoms with Crippen LogP contribution in [0.15, 0.2) is 67.3 Å². The van der Waals surface area contributed by atoms with E-state index in [4.69, 9.17) is 18.6 Å². The van der Waals surface area contributed by atoms with Crippen molar-refractivity contribution < 1.29 is 28.5 Å². The zero-order valence-corrected chi connectivity index (χ0v) is 32.1. The van der Waals surface area contributed by atoms with E-state index in [9.17, 15) is 9.90 Å². The summed E-state index contributed by atoms with van der Waals surface area (Å²) in [5.41, 5.74) is -0.163. The summed E-state index contributed by atoms with van der Waals surface area (Å²) in [4.78, 5) is 16.2. The Hall–Kier alpha value is -2.65. The minimum atomic E-state index is -2.31. The van der Waals surface area contributed by atoms with Crippen molar-refractivity contribution in [2.75, 3.05) is 7.11 Å². The van der Waals surface area contributed by atoms with E-state index in [1.807, 2.05) is 81.4 Å². The Morgan fingerprint density at radius 3 is 2.12 bits per heavy atom. The Balaban J connectivity index is 1.92. The van der Waals surface area contributed by atoms with Crippen molar-refractivity contribution in [3.63, 3.8) is 0 Å². The van der Waals surface area contributed by atoms with E-state index in [2.05, 4.69) is 48.1 Å². The average Bonchev–Trinajstić information content (AvgIpc) is 3.00. The first-order valence-electron chi connectivity index (χ1n) is 17.9. The Bertz CT molecular complexity index is 1330. The summed E-state index contributed by atoms with van der Waals surface area (Å²) in [6.45, 7) is 23.9. The number of likely N-dealkylation sites (tertiary alicyclic amines) is 1. The second-order valence-corrected chi connectivity index (χ2v) is 21.4. The van der Waals surface area contributed by atoms with Gasteiger partial charge in [-0.05, 0) is 86.3 Å². The number of carbonyl (C=O) groups is 1. The molecule has 1 aliphatic carbocycles. The first-order valence-corrected chi connectivity index (χ1v) is 20.0. The second-order valence-electron chi connectivity index (χ2n) is 16.0. The SMILES string of the molecule is C=CCC12CCC(O[Si](C(C)C)(C(C)C)C(C)C)C(C1)C(OCc1ccccc1)C(O)(Cc1ccc(OC)cc1)N2C(=O)OC(C)(C)C. The highest BCUT2D eigenvalue weighted by molar-refractivity contribution is 6.77. The van der Waals surface area contributed by atoms with Gasteiger partial charge in [0.15, 0.2) is 5.72 Å². The number of ether oxygens (including phenoxy) is 3. The molecule has 2 aromatic rings. The molecular formula is C40H61NO6Si. The predicted octanol–water partition coefficient (Wildman–Crippen LogP) is 9.44. The van der Waals surface area contributed by atoms with Crippen LogP contribution in [0.25, 0.3) is 0 Å². The van der Waals surface area contributed by atoms with Crippen molar-refractivity contribution in [2.45, 2.75) is 147 Å². The van der Waals surface area contributed by atoms with Gasteiger partial charge in [-0.15, -0.1) is 6.58 Å². The van der Waals surface area contributed by atoms with E-state index in [0.717, 1.165) is 23.3 Å². The second kappa shape index (κ2) is 15.1. The van der Waals surface area contributed by atoms with Gasteiger partial charge in [0.1, 0.15) is 17.5 Å². The molecule has 5 unspecified atom stereocenters. The van der Waals surface area contributed by atoms with Crippen LogP contribution in [0, 0.1) is 5.92 Å². The van der Waals surface area contributed by atoms with Gasteiger partial charge in [-0.2, -0.15) is 0 Å². The van der Waals surface area contributed by atoms with Crippen molar-refractivity contribution >= 4 is 14.4 Å². The predicted molar refractivity (Wildman–Crippen MR) is 196 cm³/mol. The lowest BCUT2D eigenvalue weighted by Gasteiger charge is -2.64. The zero-order valence-electron chi connectivity index (χ0n) is 31.1. The van der Waals surface area contributed by atoms with E-state index < -0.39 is 37.4 Å². The Labute approximate surface area is 291 Å². The van der Waals surface area contributed by atoms with Gasteiger partial charge in [0.2, 0.25) is 8.32 Å². The maximum absolute atomic E-state index is 14.5. The molecule has 0 spiro atoms. The number of aliphatic hydroxyl groups is 1. The van der Waals surface area contributed by atoms with Gasteiger partial charge in [0, 0.05) is 12.3 Å². The van der Waals surface area contributed by atoms with Crippen LogP contribution < -0.4 is 4.74 Å². The van der Waals surface area contributed by atoms with Gasteiger partial charge in [0.25, 0.3) is 0 Å². The summed E-state index contributed by atoms with van der Waals surface area (Å²) < 4.78 is 26.1. The van der Waals surface area contributed by atoms with Crippen LogP contribution in [0.1, 0.15) is 99.1 Å². The van der Waals surface area contributed by atoms with E-state index >= 15 is 0 Å². The fraction of sp³-hybridized carbons (Fsp3) is 0.625. The number of carbonyl (C=O) groups excluding carboxylic acids is 1. The first kappa shape index (κ1) is 38.2. The van der Waals surface area contributed by atoms with Crippen LogP contribution in [0.2, 0.25) is 16.6 Å². The third-order valence-electron chi connectivity index (χ3n) is 10.8. The molecule has 7 nitrogen and oxygen atoms in total. The molecular weight excluding hydrogens is 619 g/mol. The number of benzene rings is 2. The lowest BCUT2D eigenvalue weighted by molar-refractivity contribution is -0.283. The molecule has 2 fully saturated rings. The number of rotatable bonds is 13. The molecule has 5 atom stereocenters. The van der Waals surface area contributed by atoms with E-state index in [1.165, 1.54) is 0 Å². The summed E-state index contributed by atoms with van der Waals surface area (Å²) in [6.07, 6.45) is 3.15. The van der Waals surface area contributed by atoms with Gasteiger partial charge in [-0.25, -0.2) is 4.79 Å². The Morgan fingerprint density at radius 1 is 1.00 bits per heavy atom. The number of amides is 1. The van der Waals surface area contributed by atoms with Crippen LogP contribution in [-0.4, -0.2) is 60.6 Å². The van der Waals surface area contributed by atoms with E-state index in [0.29, 0.717) is 35.9 Å². The summed E-state index contributed by atoms with van der Waals surface area (Å²) in [6, 6.07) is 17.7. The van der Waals surface area contributed by atoms with Crippen molar-refractivity contribution in [3.8, 4) is 5.75 Å².